The number of pyridine rings is 1. The minimum Gasteiger partial charge on any atom is -0.395 e. The molecule has 1 N–H and O–H groups in total. The topological polar surface area (TPSA) is 56.3 Å². The summed E-state index contributed by atoms with van der Waals surface area (Å²) in [5.74, 6) is -0.408. The lowest BCUT2D eigenvalue weighted by atomic mass is 10.1. The van der Waals surface area contributed by atoms with Crippen LogP contribution in [0.25, 0.3) is 10.4 Å². The lowest BCUT2D eigenvalue weighted by Gasteiger charge is -2.05. The van der Waals surface area contributed by atoms with Gasteiger partial charge in [-0.05, 0) is 30.7 Å². The predicted molar refractivity (Wildman–Crippen MR) is 90.0 cm³/mol. The molecular formula is C17H12F3N3O2S. The molecule has 3 heterocycles. The Balaban J connectivity index is 1.55. The number of aromatic nitrogens is 2. The van der Waals surface area contributed by atoms with Crippen molar-refractivity contribution < 1.29 is 22.6 Å². The first-order valence-corrected chi connectivity index (χ1v) is 8.42. The van der Waals surface area contributed by atoms with Crippen molar-refractivity contribution in [1.29, 1.82) is 0 Å². The molecule has 3 aromatic rings. The molecular weight excluding hydrogens is 367 g/mol. The molecule has 0 spiro atoms. The monoisotopic (exact) mass is 379 g/mol. The summed E-state index contributed by atoms with van der Waals surface area (Å²) in [4.78, 5) is 8.72. The normalized spacial score (nSPS) is 14.5. The number of halogens is 3. The third-order valence-electron chi connectivity index (χ3n) is 3.81. The molecule has 1 aliphatic rings. The van der Waals surface area contributed by atoms with Crippen molar-refractivity contribution in [3.63, 3.8) is 0 Å². The van der Waals surface area contributed by atoms with Crippen LogP contribution in [-0.2, 0) is 6.54 Å². The van der Waals surface area contributed by atoms with Crippen LogP contribution in [0.5, 0.6) is 11.5 Å². The summed E-state index contributed by atoms with van der Waals surface area (Å²) in [6.07, 6.45) is 0.635. The number of fused-ring (bicyclic) bond motifs is 1. The molecule has 0 aliphatic carbocycles. The van der Waals surface area contributed by atoms with Crippen molar-refractivity contribution in [3.8, 4) is 21.9 Å². The van der Waals surface area contributed by atoms with Crippen LogP contribution in [-0.4, -0.2) is 16.3 Å². The van der Waals surface area contributed by atoms with Crippen LogP contribution in [0, 0.1) is 12.7 Å². The molecule has 0 fully saturated rings. The molecule has 0 saturated heterocycles. The third kappa shape index (κ3) is 3.17. The Morgan fingerprint density at radius 1 is 1.19 bits per heavy atom. The molecule has 134 valence electrons. The molecule has 26 heavy (non-hydrogen) atoms. The summed E-state index contributed by atoms with van der Waals surface area (Å²) in [6.45, 7) is 2.04. The second-order valence-electron chi connectivity index (χ2n) is 5.63. The predicted octanol–water partition coefficient (Wildman–Crippen LogP) is 4.59. The Kier molecular flexibility index (Phi) is 3.95. The average Bonchev–Trinajstić information content (AvgIpc) is 3.15. The van der Waals surface area contributed by atoms with Gasteiger partial charge in [0, 0.05) is 30.1 Å². The number of thiazole rings is 1. The maximum Gasteiger partial charge on any atom is 0.586 e. The van der Waals surface area contributed by atoms with Crippen molar-refractivity contribution in [2.75, 3.05) is 5.32 Å². The molecule has 1 aliphatic heterocycles. The first kappa shape index (κ1) is 16.6. The largest absolute Gasteiger partial charge is 0.586 e. The fourth-order valence-electron chi connectivity index (χ4n) is 2.56. The first-order valence-electron chi connectivity index (χ1n) is 7.60. The zero-order valence-electron chi connectivity index (χ0n) is 13.4. The number of anilines is 1. The molecule has 5 nitrogen and oxygen atoms in total. The first-order chi connectivity index (χ1) is 12.4. The van der Waals surface area contributed by atoms with Gasteiger partial charge in [-0.3, -0.25) is 4.98 Å². The number of aryl methyl sites for hydroxylation is 1. The van der Waals surface area contributed by atoms with Crippen molar-refractivity contribution in [2.24, 2.45) is 0 Å². The van der Waals surface area contributed by atoms with Crippen molar-refractivity contribution in [3.05, 3.63) is 53.7 Å². The number of hydrogen-bond donors (Lipinski definition) is 1. The van der Waals surface area contributed by atoms with Crippen LogP contribution in [0.1, 0.15) is 11.1 Å². The zero-order valence-corrected chi connectivity index (χ0v) is 14.2. The van der Waals surface area contributed by atoms with Crippen molar-refractivity contribution in [2.45, 2.75) is 19.8 Å². The van der Waals surface area contributed by atoms with Crippen molar-refractivity contribution >= 4 is 16.5 Å². The van der Waals surface area contributed by atoms with Gasteiger partial charge in [-0.25, -0.2) is 9.37 Å². The number of hydrogen-bond acceptors (Lipinski definition) is 6. The van der Waals surface area contributed by atoms with Gasteiger partial charge in [-0.1, -0.05) is 11.3 Å². The van der Waals surface area contributed by atoms with E-state index in [9.17, 15) is 13.2 Å². The summed E-state index contributed by atoms with van der Waals surface area (Å²) < 4.78 is 49.0. The number of nitrogens with zero attached hydrogens (tertiary/aromatic N) is 2. The molecule has 9 heteroatoms. The summed E-state index contributed by atoms with van der Waals surface area (Å²) in [6, 6.07) is 4.59. The second-order valence-corrected chi connectivity index (χ2v) is 6.66. The Morgan fingerprint density at radius 3 is 2.73 bits per heavy atom. The summed E-state index contributed by atoms with van der Waals surface area (Å²) in [7, 11) is 0. The van der Waals surface area contributed by atoms with E-state index in [1.54, 1.807) is 19.2 Å². The van der Waals surface area contributed by atoms with Gasteiger partial charge in [0.05, 0.1) is 11.1 Å². The van der Waals surface area contributed by atoms with Gasteiger partial charge < -0.3 is 14.8 Å². The highest BCUT2D eigenvalue weighted by atomic mass is 32.1. The van der Waals surface area contributed by atoms with Gasteiger partial charge in [0.25, 0.3) is 0 Å². The zero-order chi connectivity index (χ0) is 18.3. The van der Waals surface area contributed by atoms with Gasteiger partial charge in [-0.2, -0.15) is 0 Å². The number of nitrogens with one attached hydrogen (secondary N) is 1. The van der Waals surface area contributed by atoms with E-state index >= 15 is 0 Å². The highest BCUT2D eigenvalue weighted by Crippen LogP contribution is 2.45. The molecule has 1 aromatic carbocycles. The van der Waals surface area contributed by atoms with E-state index in [-0.39, 0.29) is 18.0 Å². The van der Waals surface area contributed by atoms with Crippen molar-refractivity contribution in [1.82, 2.24) is 9.97 Å². The standard InChI is InChI=1S/C17H12F3N3O2S/c1-9-4-13-14(25-17(19,20)24-13)5-11(9)15-8-23-16(26-15)22-6-10-2-3-21-7-12(10)18/h2-5,7-8H,6H2,1H3,(H,22,23). The van der Waals surface area contributed by atoms with E-state index in [2.05, 4.69) is 24.8 Å². The van der Waals surface area contributed by atoms with Crippen LogP contribution in [0.15, 0.2) is 36.8 Å². The van der Waals surface area contributed by atoms with Gasteiger partial charge >= 0.3 is 6.29 Å². The third-order valence-corrected chi connectivity index (χ3v) is 4.79. The molecule has 0 bridgehead atoms. The number of benzene rings is 1. The number of alkyl halides is 2. The summed E-state index contributed by atoms with van der Waals surface area (Å²) in [5, 5.41) is 3.62. The molecule has 0 amide bonds. The highest BCUT2D eigenvalue weighted by Gasteiger charge is 2.43. The quantitative estimate of drug-likeness (QED) is 0.719. The van der Waals surface area contributed by atoms with Gasteiger partial charge in [-0.15, -0.1) is 8.78 Å². The van der Waals surface area contributed by atoms with Gasteiger partial charge in [0.2, 0.25) is 0 Å². The Hall–Kier alpha value is -2.81. The fourth-order valence-corrected chi connectivity index (χ4v) is 3.46. The molecule has 0 unspecified atom stereocenters. The molecule has 4 rings (SSSR count). The Bertz CT molecular complexity index is 978. The van der Waals surface area contributed by atoms with E-state index < -0.39 is 12.1 Å². The Morgan fingerprint density at radius 2 is 1.96 bits per heavy atom. The lowest BCUT2D eigenvalue weighted by Crippen LogP contribution is -2.25. The van der Waals surface area contributed by atoms with Gasteiger partial charge in [0.15, 0.2) is 16.6 Å². The highest BCUT2D eigenvalue weighted by molar-refractivity contribution is 7.18. The summed E-state index contributed by atoms with van der Waals surface area (Å²) >= 11 is 1.33. The SMILES string of the molecule is Cc1cc2c(cc1-c1cnc(NCc3ccncc3F)s1)OC(F)(F)O2. The Labute approximate surface area is 150 Å². The average molecular weight is 379 g/mol. The summed E-state index contributed by atoms with van der Waals surface area (Å²) in [5.41, 5.74) is 1.93. The maximum absolute atomic E-state index is 13.6. The van der Waals surface area contributed by atoms with Gasteiger partial charge in [0.1, 0.15) is 5.82 Å². The molecule has 2 aromatic heterocycles. The lowest BCUT2D eigenvalue weighted by molar-refractivity contribution is -0.286. The molecule has 0 atom stereocenters. The molecule has 0 saturated carbocycles. The van der Waals surface area contributed by atoms with E-state index in [4.69, 9.17) is 0 Å². The van der Waals surface area contributed by atoms with Crippen LogP contribution in [0.2, 0.25) is 0 Å². The van der Waals surface area contributed by atoms with E-state index in [1.807, 2.05) is 0 Å². The number of ether oxygens (including phenoxy) is 2. The number of rotatable bonds is 4. The minimum atomic E-state index is -3.65. The van der Waals surface area contributed by atoms with Crippen LogP contribution in [0.4, 0.5) is 18.3 Å². The van der Waals surface area contributed by atoms with Crippen LogP contribution >= 0.6 is 11.3 Å². The fraction of sp³-hybridized carbons (Fsp3) is 0.176. The van der Waals surface area contributed by atoms with Crippen LogP contribution in [0.3, 0.4) is 0 Å². The van der Waals surface area contributed by atoms with E-state index in [1.165, 1.54) is 29.7 Å². The maximum atomic E-state index is 13.6. The van der Waals surface area contributed by atoms with E-state index in [0.29, 0.717) is 16.3 Å². The molecule has 0 radical (unpaired) electrons. The second kappa shape index (κ2) is 6.17. The minimum absolute atomic E-state index is 0.00674. The smallest absolute Gasteiger partial charge is 0.395 e. The van der Waals surface area contributed by atoms with E-state index in [0.717, 1.165) is 16.6 Å². The van der Waals surface area contributed by atoms with Crippen LogP contribution < -0.4 is 14.8 Å².